The van der Waals surface area contributed by atoms with Gasteiger partial charge in [-0.15, -0.1) is 0 Å². The van der Waals surface area contributed by atoms with Gasteiger partial charge in [0.05, 0.1) is 17.4 Å². The Morgan fingerprint density at radius 2 is 1.76 bits per heavy atom. The van der Waals surface area contributed by atoms with Crippen LogP contribution in [0.3, 0.4) is 0 Å². The molecule has 3 aliphatic rings. The number of hydrogen-bond donors (Lipinski definition) is 2. The van der Waals surface area contributed by atoms with Gasteiger partial charge >= 0.3 is 12.0 Å². The van der Waals surface area contributed by atoms with Gasteiger partial charge in [0.25, 0.3) is 0 Å². The van der Waals surface area contributed by atoms with Gasteiger partial charge in [-0.3, -0.25) is 4.79 Å². The van der Waals surface area contributed by atoms with Crippen LogP contribution >= 0.6 is 0 Å². The highest BCUT2D eigenvalue weighted by atomic mass is 32.2. The van der Waals surface area contributed by atoms with E-state index in [0.717, 1.165) is 12.8 Å². The lowest BCUT2D eigenvalue weighted by Crippen LogP contribution is -2.49. The van der Waals surface area contributed by atoms with Gasteiger partial charge in [0, 0.05) is 18.1 Å². The molecule has 3 rings (SSSR count). The summed E-state index contributed by atoms with van der Waals surface area (Å²) in [5.74, 6) is -1.06. The fourth-order valence-electron chi connectivity index (χ4n) is 3.85. The summed E-state index contributed by atoms with van der Waals surface area (Å²) >= 11 is 0. The van der Waals surface area contributed by atoms with Crippen LogP contribution in [0.5, 0.6) is 0 Å². The maximum atomic E-state index is 12.4. The molecule has 2 bridgehead atoms. The molecule has 0 radical (unpaired) electrons. The molecule has 0 saturated carbocycles. The van der Waals surface area contributed by atoms with Crippen molar-refractivity contribution in [3.8, 4) is 0 Å². The van der Waals surface area contributed by atoms with Gasteiger partial charge in [-0.05, 0) is 32.1 Å². The molecule has 0 aromatic heterocycles. The fourth-order valence-corrected chi connectivity index (χ4v) is 5.35. The van der Waals surface area contributed by atoms with Gasteiger partial charge in [0.15, 0.2) is 0 Å². The van der Waals surface area contributed by atoms with E-state index in [0.29, 0.717) is 19.3 Å². The van der Waals surface area contributed by atoms with Crippen molar-refractivity contribution in [3.05, 3.63) is 0 Å². The topological polar surface area (TPSA) is 104 Å². The SMILES string of the molecule is O=C(O)C1CC2CCC1N2C(=O)NC1CCS(=O)(=O)CC1. The highest BCUT2D eigenvalue weighted by molar-refractivity contribution is 7.91. The number of carboxylic acids is 1. The number of carboxylic acid groups (broad SMARTS) is 1. The predicted molar refractivity (Wildman–Crippen MR) is 74.6 cm³/mol. The lowest BCUT2D eigenvalue weighted by molar-refractivity contribution is -0.142. The highest BCUT2D eigenvalue weighted by Crippen LogP contribution is 2.41. The van der Waals surface area contributed by atoms with Crippen LogP contribution in [0.1, 0.15) is 32.1 Å². The Kier molecular flexibility index (Phi) is 3.59. The molecule has 0 spiro atoms. The van der Waals surface area contributed by atoms with E-state index in [-0.39, 0.29) is 35.7 Å². The number of carbonyl (C=O) groups excluding carboxylic acids is 1. The summed E-state index contributed by atoms with van der Waals surface area (Å²) < 4.78 is 22.8. The molecule has 7 nitrogen and oxygen atoms in total. The first-order valence-electron chi connectivity index (χ1n) is 7.39. The molecule has 21 heavy (non-hydrogen) atoms. The zero-order valence-electron chi connectivity index (χ0n) is 11.7. The van der Waals surface area contributed by atoms with Crippen LogP contribution in [0.25, 0.3) is 0 Å². The Morgan fingerprint density at radius 3 is 2.33 bits per heavy atom. The number of fused-ring (bicyclic) bond motifs is 2. The van der Waals surface area contributed by atoms with E-state index in [1.165, 1.54) is 0 Å². The van der Waals surface area contributed by atoms with Crippen LogP contribution in [-0.2, 0) is 14.6 Å². The summed E-state index contributed by atoms with van der Waals surface area (Å²) in [7, 11) is -2.94. The van der Waals surface area contributed by atoms with Crippen LogP contribution < -0.4 is 5.32 Å². The highest BCUT2D eigenvalue weighted by Gasteiger charge is 2.51. The first-order chi connectivity index (χ1) is 9.87. The Labute approximate surface area is 123 Å². The molecule has 0 aromatic rings. The Hall–Kier alpha value is -1.31. The smallest absolute Gasteiger partial charge is 0.318 e. The number of carbonyl (C=O) groups is 2. The predicted octanol–water partition coefficient (Wildman–Crippen LogP) is 0.211. The van der Waals surface area contributed by atoms with Crippen molar-refractivity contribution >= 4 is 21.8 Å². The molecule has 3 fully saturated rings. The van der Waals surface area contributed by atoms with E-state index in [2.05, 4.69) is 5.32 Å². The molecule has 0 aliphatic carbocycles. The van der Waals surface area contributed by atoms with E-state index in [4.69, 9.17) is 0 Å². The van der Waals surface area contributed by atoms with Crippen LogP contribution in [0.2, 0.25) is 0 Å². The zero-order chi connectivity index (χ0) is 15.2. The van der Waals surface area contributed by atoms with Gasteiger partial charge in [0.2, 0.25) is 0 Å². The Morgan fingerprint density at radius 1 is 1.10 bits per heavy atom. The van der Waals surface area contributed by atoms with Gasteiger partial charge in [0.1, 0.15) is 9.84 Å². The fraction of sp³-hybridized carbons (Fsp3) is 0.846. The number of hydrogen-bond acceptors (Lipinski definition) is 4. The second-order valence-corrected chi connectivity index (χ2v) is 8.57. The average Bonchev–Trinajstić information content (AvgIpc) is 2.98. The van der Waals surface area contributed by atoms with E-state index in [9.17, 15) is 23.1 Å². The molecular weight excluding hydrogens is 296 g/mol. The number of aliphatic carboxylic acids is 1. The second kappa shape index (κ2) is 5.15. The minimum Gasteiger partial charge on any atom is -0.481 e. The lowest BCUT2D eigenvalue weighted by atomic mass is 9.89. The molecule has 3 atom stereocenters. The number of urea groups is 1. The minimum absolute atomic E-state index is 0.0171. The van der Waals surface area contributed by atoms with Crippen LogP contribution in [0, 0.1) is 5.92 Å². The molecule has 3 saturated heterocycles. The molecule has 3 aliphatic heterocycles. The minimum atomic E-state index is -2.94. The molecule has 3 unspecified atom stereocenters. The van der Waals surface area contributed by atoms with Crippen LogP contribution in [0.15, 0.2) is 0 Å². The number of rotatable bonds is 2. The standard InChI is InChI=1S/C13H20N2O5S/c16-12(17)10-7-9-1-2-11(10)15(9)13(18)14-8-3-5-21(19,20)6-4-8/h8-11H,1-7H2,(H,14,18)(H,16,17). The number of nitrogens with one attached hydrogen (secondary N) is 1. The normalized spacial score (nSPS) is 34.9. The molecule has 0 aromatic carbocycles. The third-order valence-corrected chi connectivity index (χ3v) is 6.69. The Bertz CT molecular complexity index is 547. The third-order valence-electron chi connectivity index (χ3n) is 4.97. The van der Waals surface area contributed by atoms with E-state index < -0.39 is 21.7 Å². The second-order valence-electron chi connectivity index (χ2n) is 6.26. The van der Waals surface area contributed by atoms with E-state index in [1.54, 1.807) is 4.90 Å². The van der Waals surface area contributed by atoms with E-state index in [1.807, 2.05) is 0 Å². The largest absolute Gasteiger partial charge is 0.481 e. The first-order valence-corrected chi connectivity index (χ1v) is 9.21. The van der Waals surface area contributed by atoms with Gasteiger partial charge in [-0.1, -0.05) is 0 Å². The zero-order valence-corrected chi connectivity index (χ0v) is 12.5. The summed E-state index contributed by atoms with van der Waals surface area (Å²) in [6.45, 7) is 0. The molecule has 3 heterocycles. The average molecular weight is 316 g/mol. The van der Waals surface area contributed by atoms with Crippen molar-refractivity contribution < 1.29 is 23.1 Å². The van der Waals surface area contributed by atoms with Crippen molar-refractivity contribution in [2.75, 3.05) is 11.5 Å². The van der Waals surface area contributed by atoms with Crippen molar-refractivity contribution in [3.63, 3.8) is 0 Å². The molecule has 8 heteroatoms. The number of amides is 2. The Balaban J connectivity index is 1.61. The summed E-state index contributed by atoms with van der Waals surface area (Å²) in [4.78, 5) is 25.3. The first kappa shape index (κ1) is 14.6. The number of nitrogens with zero attached hydrogens (tertiary/aromatic N) is 1. The summed E-state index contributed by atoms with van der Waals surface area (Å²) in [5.41, 5.74) is 0. The molecule has 2 amide bonds. The van der Waals surface area contributed by atoms with Crippen LogP contribution in [0.4, 0.5) is 4.79 Å². The lowest BCUT2D eigenvalue weighted by Gasteiger charge is -2.28. The van der Waals surface area contributed by atoms with Crippen molar-refractivity contribution in [2.45, 2.75) is 50.2 Å². The molecular formula is C13H20N2O5S. The maximum Gasteiger partial charge on any atom is 0.318 e. The van der Waals surface area contributed by atoms with Crippen molar-refractivity contribution in [2.24, 2.45) is 5.92 Å². The monoisotopic (exact) mass is 316 g/mol. The molecule has 2 N–H and O–H groups in total. The maximum absolute atomic E-state index is 12.4. The summed E-state index contributed by atoms with van der Waals surface area (Å²) in [6, 6.07) is -0.539. The summed E-state index contributed by atoms with van der Waals surface area (Å²) in [6.07, 6.45) is 3.03. The van der Waals surface area contributed by atoms with Gasteiger partial charge < -0.3 is 15.3 Å². The van der Waals surface area contributed by atoms with Crippen LogP contribution in [-0.4, -0.2) is 60.1 Å². The molecule has 118 valence electrons. The number of sulfone groups is 1. The third kappa shape index (κ3) is 2.73. The summed E-state index contributed by atoms with van der Waals surface area (Å²) in [5, 5.41) is 12.1. The van der Waals surface area contributed by atoms with E-state index >= 15 is 0 Å². The van der Waals surface area contributed by atoms with Gasteiger partial charge in [-0.2, -0.15) is 0 Å². The van der Waals surface area contributed by atoms with Crippen molar-refractivity contribution in [1.29, 1.82) is 0 Å². The quantitative estimate of drug-likeness (QED) is 0.758. The van der Waals surface area contributed by atoms with Gasteiger partial charge in [-0.25, -0.2) is 13.2 Å². The van der Waals surface area contributed by atoms with Crippen molar-refractivity contribution in [1.82, 2.24) is 10.2 Å².